The normalized spacial score (nSPS) is 10.3. The molecular weight excluding hydrogens is 424 g/mol. The molecule has 0 radical (unpaired) electrons. The van der Waals surface area contributed by atoms with Crippen LogP contribution in [0.3, 0.4) is 0 Å². The van der Waals surface area contributed by atoms with Gasteiger partial charge in [-0.2, -0.15) is 0 Å². The van der Waals surface area contributed by atoms with Gasteiger partial charge in [0.1, 0.15) is 30.5 Å². The zero-order chi connectivity index (χ0) is 22.8. The Labute approximate surface area is 193 Å². The summed E-state index contributed by atoms with van der Waals surface area (Å²) in [5.74, 6) is 1.81. The van der Waals surface area contributed by atoms with E-state index in [1.807, 2.05) is 68.4 Å². The highest BCUT2D eigenvalue weighted by atomic mass is 32.1. The fraction of sp³-hybridized carbons (Fsp3) is 0.200. The van der Waals surface area contributed by atoms with E-state index in [0.717, 1.165) is 17.2 Å². The lowest BCUT2D eigenvalue weighted by Gasteiger charge is -2.13. The number of anilines is 1. The second kappa shape index (κ2) is 11.7. The summed E-state index contributed by atoms with van der Waals surface area (Å²) in [5, 5.41) is 5.87. The van der Waals surface area contributed by atoms with E-state index in [2.05, 4.69) is 10.6 Å². The van der Waals surface area contributed by atoms with Crippen LogP contribution in [0.2, 0.25) is 0 Å². The Kier molecular flexibility index (Phi) is 8.45. The third-order valence-corrected chi connectivity index (χ3v) is 4.38. The molecule has 3 aromatic rings. The Balaban J connectivity index is 1.46. The monoisotopic (exact) mass is 450 g/mol. The number of rotatable bonds is 9. The fourth-order valence-electron chi connectivity index (χ4n) is 2.79. The summed E-state index contributed by atoms with van der Waals surface area (Å²) in [6, 6.07) is 23.8. The summed E-state index contributed by atoms with van der Waals surface area (Å²) in [4.78, 5) is 12.5. The van der Waals surface area contributed by atoms with Crippen LogP contribution in [0, 0.1) is 0 Å². The van der Waals surface area contributed by atoms with Crippen LogP contribution in [-0.4, -0.2) is 30.3 Å². The predicted molar refractivity (Wildman–Crippen MR) is 130 cm³/mol. The number of para-hydroxylation sites is 1. The molecule has 0 aliphatic heterocycles. The average molecular weight is 451 g/mol. The average Bonchev–Trinajstić information content (AvgIpc) is 2.78. The van der Waals surface area contributed by atoms with Gasteiger partial charge in [-0.05, 0) is 80.7 Å². The first-order valence-electron chi connectivity index (χ1n) is 10.3. The number of hydrogen-bond donors (Lipinski definition) is 2. The summed E-state index contributed by atoms with van der Waals surface area (Å²) in [6.07, 6.45) is 0.102. The van der Waals surface area contributed by atoms with E-state index < -0.39 is 0 Å². The molecule has 0 fully saturated rings. The van der Waals surface area contributed by atoms with E-state index in [4.69, 9.17) is 26.4 Å². The van der Waals surface area contributed by atoms with Crippen LogP contribution in [-0.2, 0) is 0 Å². The highest BCUT2D eigenvalue weighted by molar-refractivity contribution is 7.80. The standard InChI is InChI=1S/C25H26N2O4S/c1-18(2)31-22-13-11-20(12-14-22)26-25(32)27-24(28)19-7-6-10-23(17-19)30-16-15-29-21-8-4-3-5-9-21/h3-14,17-18H,15-16H2,1-2H3,(H2,26,27,28,32). The minimum Gasteiger partial charge on any atom is -0.491 e. The molecule has 3 aromatic carbocycles. The Hall–Kier alpha value is -3.58. The molecule has 0 unspecified atom stereocenters. The maximum Gasteiger partial charge on any atom is 0.257 e. The van der Waals surface area contributed by atoms with Crippen molar-refractivity contribution >= 4 is 28.9 Å². The van der Waals surface area contributed by atoms with Gasteiger partial charge in [-0.1, -0.05) is 24.3 Å². The molecule has 6 nitrogen and oxygen atoms in total. The molecule has 166 valence electrons. The van der Waals surface area contributed by atoms with Crippen LogP contribution in [0.1, 0.15) is 24.2 Å². The minimum atomic E-state index is -0.326. The van der Waals surface area contributed by atoms with E-state index in [0.29, 0.717) is 24.5 Å². The van der Waals surface area contributed by atoms with Crippen LogP contribution >= 0.6 is 12.2 Å². The van der Waals surface area contributed by atoms with Crippen LogP contribution in [0.5, 0.6) is 17.2 Å². The summed E-state index contributed by atoms with van der Waals surface area (Å²) in [6.45, 7) is 4.69. The topological polar surface area (TPSA) is 68.8 Å². The lowest BCUT2D eigenvalue weighted by molar-refractivity contribution is 0.0977. The number of nitrogens with one attached hydrogen (secondary N) is 2. The van der Waals surface area contributed by atoms with Crippen molar-refractivity contribution in [2.24, 2.45) is 0 Å². The summed E-state index contributed by atoms with van der Waals surface area (Å²) < 4.78 is 16.9. The van der Waals surface area contributed by atoms with Crippen molar-refractivity contribution in [3.05, 3.63) is 84.4 Å². The number of hydrogen-bond acceptors (Lipinski definition) is 5. The summed E-state index contributed by atoms with van der Waals surface area (Å²) >= 11 is 5.26. The highest BCUT2D eigenvalue weighted by Crippen LogP contribution is 2.17. The largest absolute Gasteiger partial charge is 0.491 e. The van der Waals surface area contributed by atoms with Gasteiger partial charge in [-0.3, -0.25) is 10.1 Å². The van der Waals surface area contributed by atoms with Gasteiger partial charge in [0.05, 0.1) is 6.10 Å². The molecule has 3 rings (SSSR count). The summed E-state index contributed by atoms with van der Waals surface area (Å²) in [5.41, 5.74) is 1.19. The molecule has 0 bridgehead atoms. The minimum absolute atomic E-state index is 0.102. The smallest absolute Gasteiger partial charge is 0.257 e. The maximum atomic E-state index is 12.5. The van der Waals surface area contributed by atoms with Crippen molar-refractivity contribution in [2.45, 2.75) is 20.0 Å². The van der Waals surface area contributed by atoms with Gasteiger partial charge >= 0.3 is 0 Å². The van der Waals surface area contributed by atoms with E-state index in [-0.39, 0.29) is 17.1 Å². The van der Waals surface area contributed by atoms with Crippen molar-refractivity contribution in [3.8, 4) is 17.2 Å². The van der Waals surface area contributed by atoms with Crippen LogP contribution < -0.4 is 24.8 Å². The predicted octanol–water partition coefficient (Wildman–Crippen LogP) is 5.06. The first kappa shape index (κ1) is 23.1. The molecule has 0 saturated carbocycles. The van der Waals surface area contributed by atoms with E-state index >= 15 is 0 Å². The second-order valence-electron chi connectivity index (χ2n) is 7.14. The molecule has 2 N–H and O–H groups in total. The third kappa shape index (κ3) is 7.59. The van der Waals surface area contributed by atoms with Gasteiger partial charge in [0.25, 0.3) is 5.91 Å². The van der Waals surface area contributed by atoms with E-state index in [9.17, 15) is 4.79 Å². The Morgan fingerprint density at radius 1 is 0.844 bits per heavy atom. The van der Waals surface area contributed by atoms with E-state index in [1.165, 1.54) is 0 Å². The number of ether oxygens (including phenoxy) is 3. The number of amides is 1. The number of carbonyl (C=O) groups is 1. The zero-order valence-corrected chi connectivity index (χ0v) is 18.9. The van der Waals surface area contributed by atoms with Crippen molar-refractivity contribution in [1.29, 1.82) is 0 Å². The van der Waals surface area contributed by atoms with Gasteiger partial charge in [-0.25, -0.2) is 0 Å². The Morgan fingerprint density at radius 3 is 2.19 bits per heavy atom. The van der Waals surface area contributed by atoms with Gasteiger partial charge in [-0.15, -0.1) is 0 Å². The highest BCUT2D eigenvalue weighted by Gasteiger charge is 2.09. The SMILES string of the molecule is CC(C)Oc1ccc(NC(=S)NC(=O)c2cccc(OCCOc3ccccc3)c2)cc1. The fourth-order valence-corrected chi connectivity index (χ4v) is 3.00. The number of benzene rings is 3. The molecule has 1 amide bonds. The molecule has 0 atom stereocenters. The van der Waals surface area contributed by atoms with Crippen molar-refractivity contribution in [2.75, 3.05) is 18.5 Å². The van der Waals surface area contributed by atoms with E-state index in [1.54, 1.807) is 24.3 Å². The first-order valence-corrected chi connectivity index (χ1v) is 10.7. The molecule has 0 heterocycles. The second-order valence-corrected chi connectivity index (χ2v) is 7.55. The third-order valence-electron chi connectivity index (χ3n) is 4.17. The quantitative estimate of drug-likeness (QED) is 0.351. The van der Waals surface area contributed by atoms with Gasteiger partial charge in [0, 0.05) is 11.3 Å². The first-order chi connectivity index (χ1) is 15.5. The van der Waals surface area contributed by atoms with Crippen LogP contribution in [0.15, 0.2) is 78.9 Å². The molecule has 0 spiro atoms. The van der Waals surface area contributed by atoms with Crippen molar-refractivity contribution in [3.63, 3.8) is 0 Å². The molecule has 0 saturated heterocycles. The van der Waals surface area contributed by atoms with Crippen molar-refractivity contribution in [1.82, 2.24) is 5.32 Å². The molecular formula is C25H26N2O4S. The molecule has 0 aliphatic carbocycles. The number of thiocarbonyl (C=S) groups is 1. The van der Waals surface area contributed by atoms with Crippen molar-refractivity contribution < 1.29 is 19.0 Å². The molecule has 0 aromatic heterocycles. The molecule has 0 aliphatic rings. The summed E-state index contributed by atoms with van der Waals surface area (Å²) in [7, 11) is 0. The van der Waals surface area contributed by atoms with Gasteiger partial charge in [0.15, 0.2) is 5.11 Å². The van der Waals surface area contributed by atoms with Gasteiger partial charge in [0.2, 0.25) is 0 Å². The lowest BCUT2D eigenvalue weighted by atomic mass is 10.2. The molecule has 7 heteroatoms. The van der Waals surface area contributed by atoms with Gasteiger partial charge < -0.3 is 19.5 Å². The zero-order valence-electron chi connectivity index (χ0n) is 18.0. The lowest BCUT2D eigenvalue weighted by Crippen LogP contribution is -2.34. The maximum absolute atomic E-state index is 12.5. The van der Waals surface area contributed by atoms with Crippen LogP contribution in [0.4, 0.5) is 5.69 Å². The molecule has 32 heavy (non-hydrogen) atoms. The number of carbonyl (C=O) groups excluding carboxylic acids is 1. The Bertz CT molecular complexity index is 1020. The van der Waals surface area contributed by atoms with Crippen LogP contribution in [0.25, 0.3) is 0 Å². The Morgan fingerprint density at radius 2 is 1.50 bits per heavy atom.